The molecule has 0 radical (unpaired) electrons. The highest BCUT2D eigenvalue weighted by atomic mass is 32.1. The summed E-state index contributed by atoms with van der Waals surface area (Å²) in [5, 5.41) is 15.0. The van der Waals surface area contributed by atoms with Crippen LogP contribution in [-0.2, 0) is 10.8 Å². The molecule has 248 valence electrons. The molecule has 5 aromatic carbocycles. The molecule has 0 spiro atoms. The van der Waals surface area contributed by atoms with E-state index in [1.54, 1.807) is 11.3 Å². The van der Waals surface area contributed by atoms with Crippen LogP contribution in [0.1, 0.15) is 52.7 Å². The zero-order valence-electron chi connectivity index (χ0n) is 29.2. The van der Waals surface area contributed by atoms with E-state index in [0.29, 0.717) is 5.75 Å². The topological polar surface area (TPSA) is 49.2 Å². The third kappa shape index (κ3) is 5.62. The average molecular weight is 690 g/mol. The summed E-state index contributed by atoms with van der Waals surface area (Å²) in [5.74, 6) is 1.17. The van der Waals surface area contributed by atoms with E-state index in [-0.39, 0.29) is 10.8 Å². The highest BCUT2D eigenvalue weighted by Crippen LogP contribution is 2.47. The van der Waals surface area contributed by atoms with Crippen molar-refractivity contribution in [3.63, 3.8) is 0 Å². The first kappa shape index (κ1) is 32.2. The smallest absolute Gasteiger partial charge is 0.137 e. The lowest BCUT2D eigenvalue weighted by molar-refractivity contribution is 0.446. The predicted octanol–water partition coefficient (Wildman–Crippen LogP) is 13.2. The number of phenolic OH excluding ortho intramolecular Hbond substituents is 1. The molecule has 0 aliphatic heterocycles. The second kappa shape index (κ2) is 12.1. The molecular weight excluding hydrogens is 651 g/mol. The summed E-state index contributed by atoms with van der Waals surface area (Å²) in [7, 11) is 0. The number of aromatic nitrogens is 2. The van der Waals surface area contributed by atoms with Gasteiger partial charge in [0.1, 0.15) is 16.6 Å². The van der Waals surface area contributed by atoms with Crippen LogP contribution in [-0.4, -0.2) is 15.1 Å². The summed E-state index contributed by atoms with van der Waals surface area (Å²) in [6, 6.07) is 40.6. The lowest BCUT2D eigenvalue weighted by Gasteiger charge is -2.27. The van der Waals surface area contributed by atoms with Crippen LogP contribution >= 0.6 is 22.7 Å². The maximum Gasteiger partial charge on any atom is 0.137 e. The van der Waals surface area contributed by atoms with Crippen molar-refractivity contribution in [2.24, 2.45) is 0 Å². The van der Waals surface area contributed by atoms with Gasteiger partial charge in [-0.25, -0.2) is 9.97 Å². The molecule has 8 aromatic rings. The number of hydrogen-bond acceptors (Lipinski definition) is 6. The Hall–Kier alpha value is -5.04. The fourth-order valence-corrected chi connectivity index (χ4v) is 8.87. The molecule has 8 rings (SSSR count). The monoisotopic (exact) mass is 689 g/mol. The van der Waals surface area contributed by atoms with Crippen molar-refractivity contribution in [1.82, 2.24) is 9.97 Å². The Kier molecular flexibility index (Phi) is 7.77. The summed E-state index contributed by atoms with van der Waals surface area (Å²) in [4.78, 5) is 12.4. The van der Waals surface area contributed by atoms with E-state index in [1.165, 1.54) is 25.7 Å². The second-order valence-electron chi connectivity index (χ2n) is 14.9. The van der Waals surface area contributed by atoms with Gasteiger partial charge in [-0.15, -0.1) is 22.7 Å². The maximum absolute atomic E-state index is 11.7. The number of anilines is 3. The van der Waals surface area contributed by atoms with E-state index in [4.69, 9.17) is 9.97 Å². The minimum absolute atomic E-state index is 0.0795. The Morgan fingerprint density at radius 2 is 1.38 bits per heavy atom. The first-order chi connectivity index (χ1) is 24.0. The zero-order valence-corrected chi connectivity index (χ0v) is 30.8. The number of aromatic hydroxyl groups is 1. The van der Waals surface area contributed by atoms with Gasteiger partial charge in [0.2, 0.25) is 0 Å². The summed E-state index contributed by atoms with van der Waals surface area (Å²) >= 11 is 3.45. The fraction of sp³-hybridized carbons (Fsp3) is 0.182. The van der Waals surface area contributed by atoms with Crippen LogP contribution in [0.3, 0.4) is 0 Å². The van der Waals surface area contributed by atoms with Gasteiger partial charge in [-0.2, -0.15) is 0 Å². The van der Waals surface area contributed by atoms with Gasteiger partial charge in [0, 0.05) is 43.2 Å². The maximum atomic E-state index is 11.7. The largest absolute Gasteiger partial charge is 0.507 e. The van der Waals surface area contributed by atoms with Crippen molar-refractivity contribution in [2.75, 3.05) is 4.90 Å². The number of nitrogens with zero attached hydrogens (tertiary/aromatic N) is 3. The number of pyridine rings is 1. The highest BCUT2D eigenvalue weighted by molar-refractivity contribution is 7.26. The molecule has 0 amide bonds. The Labute approximate surface area is 301 Å². The van der Waals surface area contributed by atoms with Crippen molar-refractivity contribution >= 4 is 70.3 Å². The molecule has 0 bridgehead atoms. The summed E-state index contributed by atoms with van der Waals surface area (Å²) in [6.45, 7) is 13.1. The molecule has 6 heteroatoms. The molecule has 3 aromatic heterocycles. The standard InChI is InChI=1S/C44H39N3OS2/c1-43(2,3)28-25-32(41(48)33(26-28)44(4,5)6)42-46-40-30(17-12-21-37(40)50-42)27-14-11-15-29(24-27)47(38-22-9-10-23-45-38)34-18-13-20-36-39(34)31-16-7-8-19-35(31)49-36/h7-26,48H,1-6H3. The molecule has 0 aliphatic carbocycles. The number of hydrogen-bond donors (Lipinski definition) is 1. The molecule has 0 unspecified atom stereocenters. The van der Waals surface area contributed by atoms with E-state index in [9.17, 15) is 5.11 Å². The SMILES string of the molecule is CC(C)(C)c1cc(-c2nc3c(-c4cccc(N(c5ccccn5)c5cccc6sc7ccccc7c56)c4)cccc3s2)c(O)c(C(C)(C)C)c1. The number of phenols is 1. The minimum atomic E-state index is -0.221. The minimum Gasteiger partial charge on any atom is -0.507 e. The molecule has 0 saturated heterocycles. The molecule has 1 N–H and O–H groups in total. The van der Waals surface area contributed by atoms with E-state index in [2.05, 4.69) is 150 Å². The molecule has 0 aliphatic rings. The predicted molar refractivity (Wildman–Crippen MR) is 215 cm³/mol. The fourth-order valence-electron chi connectivity index (χ4n) is 6.73. The van der Waals surface area contributed by atoms with Gasteiger partial charge in [-0.1, -0.05) is 102 Å². The van der Waals surface area contributed by atoms with E-state index >= 15 is 0 Å². The Morgan fingerprint density at radius 3 is 2.16 bits per heavy atom. The van der Waals surface area contributed by atoms with Gasteiger partial charge < -0.3 is 5.11 Å². The second-order valence-corrected chi connectivity index (χ2v) is 17.0. The van der Waals surface area contributed by atoms with E-state index < -0.39 is 0 Å². The lowest BCUT2D eigenvalue weighted by atomic mass is 9.79. The summed E-state index contributed by atoms with van der Waals surface area (Å²) < 4.78 is 3.59. The van der Waals surface area contributed by atoms with Crippen molar-refractivity contribution < 1.29 is 5.11 Å². The molecule has 0 saturated carbocycles. The van der Waals surface area contributed by atoms with Gasteiger partial charge in [-0.05, 0) is 76.6 Å². The van der Waals surface area contributed by atoms with Crippen LogP contribution in [0.25, 0.3) is 52.1 Å². The van der Waals surface area contributed by atoms with Crippen LogP contribution in [0.15, 0.2) is 121 Å². The third-order valence-electron chi connectivity index (χ3n) is 9.35. The normalized spacial score (nSPS) is 12.3. The Balaban J connectivity index is 1.29. The van der Waals surface area contributed by atoms with E-state index in [0.717, 1.165) is 54.7 Å². The highest BCUT2D eigenvalue weighted by Gasteiger charge is 2.27. The number of rotatable bonds is 5. The molecule has 0 atom stereocenters. The zero-order chi connectivity index (χ0) is 34.8. The van der Waals surface area contributed by atoms with Gasteiger partial charge in [0.05, 0.1) is 21.5 Å². The Bertz CT molecular complexity index is 2530. The van der Waals surface area contributed by atoms with Crippen LogP contribution in [0.2, 0.25) is 0 Å². The number of fused-ring (bicyclic) bond motifs is 4. The summed E-state index contributed by atoms with van der Waals surface area (Å²) in [6.07, 6.45) is 1.85. The number of thiophene rings is 1. The van der Waals surface area contributed by atoms with Crippen LogP contribution in [0.5, 0.6) is 5.75 Å². The summed E-state index contributed by atoms with van der Waals surface area (Å²) in [5.41, 5.74) is 7.77. The third-order valence-corrected chi connectivity index (χ3v) is 11.5. The van der Waals surface area contributed by atoms with Gasteiger partial charge in [0.25, 0.3) is 0 Å². The van der Waals surface area contributed by atoms with Crippen molar-refractivity contribution in [1.29, 1.82) is 0 Å². The molecule has 3 heterocycles. The average Bonchev–Trinajstić information content (AvgIpc) is 3.70. The first-order valence-corrected chi connectivity index (χ1v) is 18.6. The van der Waals surface area contributed by atoms with Crippen molar-refractivity contribution in [3.8, 4) is 27.4 Å². The van der Waals surface area contributed by atoms with Crippen molar-refractivity contribution in [2.45, 2.75) is 52.4 Å². The molecular formula is C44H39N3OS2. The Morgan fingerprint density at radius 1 is 0.640 bits per heavy atom. The molecule has 50 heavy (non-hydrogen) atoms. The van der Waals surface area contributed by atoms with Crippen LogP contribution in [0.4, 0.5) is 17.2 Å². The molecule has 0 fully saturated rings. The first-order valence-electron chi connectivity index (χ1n) is 17.0. The van der Waals surface area contributed by atoms with Crippen LogP contribution in [0, 0.1) is 0 Å². The number of thiazole rings is 1. The van der Waals surface area contributed by atoms with Crippen molar-refractivity contribution in [3.05, 3.63) is 133 Å². The van der Waals surface area contributed by atoms with Gasteiger partial charge >= 0.3 is 0 Å². The van der Waals surface area contributed by atoms with Gasteiger partial charge in [-0.3, -0.25) is 4.90 Å². The molecule has 4 nitrogen and oxygen atoms in total. The quantitative estimate of drug-likeness (QED) is 0.195. The van der Waals surface area contributed by atoms with E-state index in [1.807, 2.05) is 29.7 Å². The van der Waals surface area contributed by atoms with Gasteiger partial charge in [0.15, 0.2) is 0 Å². The number of benzene rings is 5. The van der Waals surface area contributed by atoms with Crippen LogP contribution < -0.4 is 4.90 Å². The number of para-hydroxylation sites is 1. The lowest BCUT2D eigenvalue weighted by Crippen LogP contribution is -2.17.